The minimum atomic E-state index is 0.754. The van der Waals surface area contributed by atoms with E-state index in [4.69, 9.17) is 15.0 Å². The van der Waals surface area contributed by atoms with Crippen molar-refractivity contribution in [3.8, 4) is 62.0 Å². The van der Waals surface area contributed by atoms with Gasteiger partial charge in [-0.3, -0.25) is 0 Å². The van der Waals surface area contributed by atoms with Crippen LogP contribution in [0.5, 0.6) is 0 Å². The van der Waals surface area contributed by atoms with Gasteiger partial charge in [0.25, 0.3) is 0 Å². The zero-order valence-corrected chi connectivity index (χ0v) is 37.1. The first-order valence-electron chi connectivity index (χ1n) is 23.2. The van der Waals surface area contributed by atoms with Crippen molar-refractivity contribution in [3.05, 3.63) is 219 Å². The van der Waals surface area contributed by atoms with Gasteiger partial charge in [-0.05, 0) is 108 Å². The molecule has 0 N–H and O–H groups in total. The van der Waals surface area contributed by atoms with E-state index in [2.05, 4.69) is 186 Å². The van der Waals surface area contributed by atoms with Crippen LogP contribution in [0.25, 0.3) is 123 Å². The van der Waals surface area contributed by atoms with Crippen LogP contribution in [-0.4, -0.2) is 43.6 Å². The van der Waals surface area contributed by atoms with Crippen LogP contribution in [0.4, 0.5) is 0 Å². The number of aryl methyl sites for hydroxylation is 1. The van der Waals surface area contributed by atoms with Crippen molar-refractivity contribution < 1.29 is 0 Å². The van der Waals surface area contributed by atoms with Crippen molar-refractivity contribution >= 4 is 60.6 Å². The first kappa shape index (κ1) is 38.9. The quantitative estimate of drug-likeness (QED) is 0.158. The lowest BCUT2D eigenvalue weighted by Gasteiger charge is -2.25. The molecule has 14 rings (SSSR count). The summed E-state index contributed by atoms with van der Waals surface area (Å²) in [6.45, 7) is 0. The van der Waals surface area contributed by atoms with Crippen LogP contribution in [0.2, 0.25) is 0 Å². The Balaban J connectivity index is 1.21. The number of para-hydroxylation sites is 5. The van der Waals surface area contributed by atoms with E-state index >= 15 is 0 Å². The molecule has 0 saturated carbocycles. The fourth-order valence-electron chi connectivity index (χ4n) is 11.0. The van der Waals surface area contributed by atoms with E-state index in [1.54, 1.807) is 37.6 Å². The van der Waals surface area contributed by atoms with Crippen molar-refractivity contribution in [2.24, 2.45) is 0 Å². The molecule has 1 aliphatic carbocycles. The maximum atomic E-state index is 4.87. The Bertz CT molecular complexity index is 4020. The average molecular weight is 886 g/mol. The summed E-state index contributed by atoms with van der Waals surface area (Å²) in [7, 11) is 0. The largest absolute Gasteiger partial charge is 0.307 e. The van der Waals surface area contributed by atoms with Gasteiger partial charge in [-0.25, -0.2) is 29.9 Å². The van der Waals surface area contributed by atoms with Gasteiger partial charge in [0.2, 0.25) is 0 Å². The van der Waals surface area contributed by atoms with Crippen molar-refractivity contribution in [1.82, 2.24) is 43.6 Å². The fourth-order valence-corrected chi connectivity index (χ4v) is 11.0. The second-order valence-corrected chi connectivity index (χ2v) is 17.5. The van der Waals surface area contributed by atoms with Gasteiger partial charge in [0, 0.05) is 67.9 Å². The summed E-state index contributed by atoms with van der Waals surface area (Å²) in [6.07, 6.45) is 16.7. The van der Waals surface area contributed by atoms with Crippen molar-refractivity contribution in [2.45, 2.75) is 12.8 Å². The van der Waals surface area contributed by atoms with Gasteiger partial charge in [0.1, 0.15) is 19.0 Å². The lowest BCUT2D eigenvalue weighted by molar-refractivity contribution is 0.959. The molecule has 0 saturated heterocycles. The number of rotatable bonds is 7. The van der Waals surface area contributed by atoms with Gasteiger partial charge in [-0.15, -0.1) is 0 Å². The van der Waals surface area contributed by atoms with Crippen molar-refractivity contribution in [3.63, 3.8) is 0 Å². The fraction of sp³-hybridized carbons (Fsp3) is 0.0333. The highest BCUT2D eigenvalue weighted by Crippen LogP contribution is 2.47. The Morgan fingerprint density at radius 2 is 0.812 bits per heavy atom. The van der Waals surface area contributed by atoms with Crippen LogP contribution < -0.4 is 0 Å². The van der Waals surface area contributed by atoms with Crippen LogP contribution in [0.3, 0.4) is 0 Å². The van der Waals surface area contributed by atoms with Gasteiger partial charge in [-0.1, -0.05) is 97.1 Å². The maximum Gasteiger partial charge on any atom is 0.116 e. The summed E-state index contributed by atoms with van der Waals surface area (Å²) in [4.78, 5) is 27.5. The second kappa shape index (κ2) is 15.6. The molecule has 6 heterocycles. The molecular weight excluding hydrogens is 847 g/mol. The van der Waals surface area contributed by atoms with Crippen molar-refractivity contribution in [1.29, 1.82) is 0 Å². The van der Waals surface area contributed by atoms with E-state index in [0.717, 1.165) is 102 Å². The number of benzene rings is 7. The van der Waals surface area contributed by atoms with Crippen LogP contribution in [0.15, 0.2) is 207 Å². The number of hydrogen-bond donors (Lipinski definition) is 0. The highest BCUT2D eigenvalue weighted by atomic mass is 15.1. The molecule has 0 aliphatic heterocycles. The summed E-state index contributed by atoms with van der Waals surface area (Å²) in [5.41, 5.74) is 18.3. The zero-order valence-electron chi connectivity index (χ0n) is 37.1. The second-order valence-electron chi connectivity index (χ2n) is 17.5. The Morgan fingerprint density at radius 1 is 0.391 bits per heavy atom. The minimum Gasteiger partial charge on any atom is -0.307 e. The number of allylic oxidation sites excluding steroid dienone is 1. The predicted octanol–water partition coefficient (Wildman–Crippen LogP) is 13.8. The highest BCUT2D eigenvalue weighted by molar-refractivity contribution is 6.12. The standard InChI is InChI=1S/C60H39N9/c1-7-19-51-40(13-1)41-14-2-8-20-52(41)67(51)57-33-39(38-31-46(48-25-28-61-35-64-48)59(50-27-30-63-37-66-50)47(32-38)49-26-29-62-36-65-49)34-58(68-53-21-9-3-15-42(53)43-16-4-10-22-54(43)68)60(57)69-55-23-11-5-17-44(55)45-18-6-12-24-56(45)69/h1-3,5-15,17-37H,4,16H2. The molecule has 9 heteroatoms. The van der Waals surface area contributed by atoms with Crippen molar-refractivity contribution in [2.75, 3.05) is 0 Å². The Hall–Kier alpha value is -9.34. The molecule has 7 aromatic carbocycles. The van der Waals surface area contributed by atoms with E-state index in [1.165, 1.54) is 38.2 Å². The normalized spacial score (nSPS) is 12.5. The van der Waals surface area contributed by atoms with Gasteiger partial charge in [0.05, 0.1) is 61.7 Å². The monoisotopic (exact) mass is 885 g/mol. The molecule has 9 nitrogen and oxygen atoms in total. The van der Waals surface area contributed by atoms with Gasteiger partial charge >= 0.3 is 0 Å². The SMILES string of the molecule is C1=Cc2c(c3ccccc3n2-c2cc(-c3cc(-c4ccncn4)c(-c4ccncn4)c(-c4ccncn4)c3)cc(-n3c4ccccc4c4ccccc43)c2-n2c3ccccc3c3ccccc32)CC1. The lowest BCUT2D eigenvalue weighted by atomic mass is 9.89. The van der Waals surface area contributed by atoms with Gasteiger partial charge in [-0.2, -0.15) is 0 Å². The summed E-state index contributed by atoms with van der Waals surface area (Å²) >= 11 is 0. The Kier molecular flexibility index (Phi) is 8.82. The minimum absolute atomic E-state index is 0.754. The molecule has 6 aromatic heterocycles. The molecule has 324 valence electrons. The summed E-state index contributed by atoms with van der Waals surface area (Å²) in [5.74, 6) is 0. The highest BCUT2D eigenvalue weighted by Gasteiger charge is 2.28. The van der Waals surface area contributed by atoms with E-state index in [0.29, 0.717) is 0 Å². The smallest absolute Gasteiger partial charge is 0.116 e. The third-order valence-corrected chi connectivity index (χ3v) is 13.8. The van der Waals surface area contributed by atoms with E-state index in [1.807, 2.05) is 18.2 Å². The molecule has 0 spiro atoms. The van der Waals surface area contributed by atoms with Crippen LogP contribution >= 0.6 is 0 Å². The molecule has 13 aromatic rings. The molecule has 0 atom stereocenters. The molecule has 0 amide bonds. The van der Waals surface area contributed by atoms with E-state index in [9.17, 15) is 0 Å². The molecule has 0 fully saturated rings. The number of nitrogens with zero attached hydrogens (tertiary/aromatic N) is 9. The molecule has 0 unspecified atom stereocenters. The van der Waals surface area contributed by atoms with Gasteiger partial charge in [0.15, 0.2) is 0 Å². The molecular formula is C60H39N9. The Morgan fingerprint density at radius 3 is 1.30 bits per heavy atom. The first-order valence-corrected chi connectivity index (χ1v) is 23.2. The molecule has 69 heavy (non-hydrogen) atoms. The number of fused-ring (bicyclic) bond motifs is 9. The summed E-state index contributed by atoms with van der Waals surface area (Å²) in [5, 5.41) is 6.03. The third kappa shape index (κ3) is 6.03. The lowest BCUT2D eigenvalue weighted by Crippen LogP contribution is -2.11. The number of aromatic nitrogens is 9. The number of hydrogen-bond acceptors (Lipinski definition) is 6. The zero-order chi connectivity index (χ0) is 45.4. The van der Waals surface area contributed by atoms with E-state index in [-0.39, 0.29) is 0 Å². The third-order valence-electron chi connectivity index (χ3n) is 13.8. The maximum absolute atomic E-state index is 4.87. The van der Waals surface area contributed by atoms with Crippen LogP contribution in [-0.2, 0) is 6.42 Å². The van der Waals surface area contributed by atoms with Crippen LogP contribution in [0, 0.1) is 0 Å². The molecule has 0 radical (unpaired) electrons. The Labute approximate surface area is 396 Å². The van der Waals surface area contributed by atoms with E-state index < -0.39 is 0 Å². The average Bonchev–Trinajstić information content (AvgIpc) is 4.07. The topological polar surface area (TPSA) is 92.1 Å². The van der Waals surface area contributed by atoms with Crippen LogP contribution in [0.1, 0.15) is 17.7 Å². The predicted molar refractivity (Wildman–Crippen MR) is 278 cm³/mol. The summed E-state index contributed by atoms with van der Waals surface area (Å²) in [6, 6.07) is 59.3. The molecule has 0 bridgehead atoms. The molecule has 1 aliphatic rings. The van der Waals surface area contributed by atoms with Gasteiger partial charge < -0.3 is 13.7 Å². The summed E-state index contributed by atoms with van der Waals surface area (Å²) < 4.78 is 7.51. The first-order chi connectivity index (χ1) is 34.3.